The lowest BCUT2D eigenvalue weighted by Gasteiger charge is -2.07. The Morgan fingerprint density at radius 1 is 1.21 bits per heavy atom. The number of rotatable bonds is 2. The fourth-order valence-electron chi connectivity index (χ4n) is 1.43. The second-order valence-electron chi connectivity index (χ2n) is 3.18. The van der Waals surface area contributed by atoms with Gasteiger partial charge in [0.15, 0.2) is 0 Å². The van der Waals surface area contributed by atoms with Gasteiger partial charge in [0.1, 0.15) is 5.75 Å². The summed E-state index contributed by atoms with van der Waals surface area (Å²) in [5.41, 5.74) is 2.40. The van der Waals surface area contributed by atoms with E-state index in [0.717, 1.165) is 5.75 Å². The molecule has 0 aliphatic heterocycles. The zero-order valence-corrected chi connectivity index (χ0v) is 9.10. The van der Waals surface area contributed by atoms with Crippen molar-refractivity contribution in [1.82, 2.24) is 0 Å². The maximum atomic E-state index is 5.36. The van der Waals surface area contributed by atoms with E-state index >= 15 is 0 Å². The smallest absolute Gasteiger partial charge is 0.127 e. The van der Waals surface area contributed by atoms with Crippen LogP contribution in [0.4, 0.5) is 0 Å². The van der Waals surface area contributed by atoms with Gasteiger partial charge in [-0.3, -0.25) is 0 Å². The Labute approximate surface area is 88.0 Å². The fraction of sp³-hybridized carbons (Fsp3) is 0.167. The van der Waals surface area contributed by atoms with Crippen LogP contribution in [0.2, 0.25) is 0 Å². The molecule has 0 amide bonds. The van der Waals surface area contributed by atoms with Crippen LogP contribution in [0, 0.1) is 6.92 Å². The molecule has 0 radical (unpaired) electrons. The van der Waals surface area contributed by atoms with Crippen molar-refractivity contribution in [3.8, 4) is 16.2 Å². The molecule has 2 heteroatoms. The van der Waals surface area contributed by atoms with E-state index in [2.05, 4.69) is 42.6 Å². The standard InChI is InChI=1S/C12H12OS/c1-9-5-6-10(11(8-9)13-2)12-4-3-7-14-12/h3-8H,1-2H3. The number of benzene rings is 1. The summed E-state index contributed by atoms with van der Waals surface area (Å²) in [4.78, 5) is 1.25. The molecule has 0 atom stereocenters. The van der Waals surface area contributed by atoms with Crippen LogP contribution in [-0.4, -0.2) is 7.11 Å². The molecule has 0 bridgehead atoms. The molecule has 1 aromatic carbocycles. The molecular formula is C12H12OS. The molecule has 1 heterocycles. The maximum Gasteiger partial charge on any atom is 0.127 e. The number of ether oxygens (including phenoxy) is 1. The van der Waals surface area contributed by atoms with E-state index < -0.39 is 0 Å². The minimum Gasteiger partial charge on any atom is -0.496 e. The second kappa shape index (κ2) is 3.84. The first-order valence-electron chi connectivity index (χ1n) is 4.50. The van der Waals surface area contributed by atoms with Crippen molar-refractivity contribution >= 4 is 11.3 Å². The predicted octanol–water partition coefficient (Wildman–Crippen LogP) is 3.73. The van der Waals surface area contributed by atoms with Gasteiger partial charge in [0.25, 0.3) is 0 Å². The van der Waals surface area contributed by atoms with Crippen LogP contribution in [0.3, 0.4) is 0 Å². The Morgan fingerprint density at radius 3 is 2.71 bits per heavy atom. The number of thiophene rings is 1. The summed E-state index contributed by atoms with van der Waals surface area (Å²) in [6.45, 7) is 2.07. The van der Waals surface area contributed by atoms with Gasteiger partial charge in [-0.05, 0) is 36.1 Å². The zero-order valence-electron chi connectivity index (χ0n) is 8.28. The van der Waals surface area contributed by atoms with Crippen molar-refractivity contribution in [3.63, 3.8) is 0 Å². The van der Waals surface area contributed by atoms with Crippen LogP contribution < -0.4 is 4.74 Å². The van der Waals surface area contributed by atoms with Crippen LogP contribution in [0.15, 0.2) is 35.7 Å². The van der Waals surface area contributed by atoms with E-state index in [1.807, 2.05) is 0 Å². The largest absolute Gasteiger partial charge is 0.496 e. The summed E-state index contributed by atoms with van der Waals surface area (Å²) >= 11 is 1.73. The highest BCUT2D eigenvalue weighted by Gasteiger charge is 2.05. The Balaban J connectivity index is 2.53. The van der Waals surface area contributed by atoms with Gasteiger partial charge in [-0.15, -0.1) is 11.3 Å². The van der Waals surface area contributed by atoms with Crippen LogP contribution in [0.1, 0.15) is 5.56 Å². The molecule has 2 rings (SSSR count). The molecule has 0 aliphatic carbocycles. The molecule has 0 unspecified atom stereocenters. The molecule has 0 saturated heterocycles. The molecule has 0 saturated carbocycles. The minimum atomic E-state index is 0.951. The number of methoxy groups -OCH3 is 1. The first-order chi connectivity index (χ1) is 6.81. The van der Waals surface area contributed by atoms with Crippen LogP contribution in [0.25, 0.3) is 10.4 Å². The van der Waals surface area contributed by atoms with Gasteiger partial charge >= 0.3 is 0 Å². The molecule has 14 heavy (non-hydrogen) atoms. The van der Waals surface area contributed by atoms with Crippen molar-refractivity contribution in [2.75, 3.05) is 7.11 Å². The Kier molecular flexibility index (Phi) is 2.55. The third-order valence-electron chi connectivity index (χ3n) is 2.14. The summed E-state index contributed by atoms with van der Waals surface area (Å²) in [6, 6.07) is 10.4. The van der Waals surface area contributed by atoms with Crippen LogP contribution in [0.5, 0.6) is 5.75 Å². The van der Waals surface area contributed by atoms with Gasteiger partial charge in [0, 0.05) is 10.4 Å². The highest BCUT2D eigenvalue weighted by Crippen LogP contribution is 2.33. The average Bonchev–Trinajstić information content (AvgIpc) is 2.70. The SMILES string of the molecule is COc1cc(C)ccc1-c1cccs1. The molecule has 2 aromatic rings. The van der Waals surface area contributed by atoms with Gasteiger partial charge in [0.2, 0.25) is 0 Å². The summed E-state index contributed by atoms with van der Waals surface area (Å²) in [5.74, 6) is 0.951. The van der Waals surface area contributed by atoms with E-state index in [1.165, 1.54) is 16.0 Å². The zero-order chi connectivity index (χ0) is 9.97. The summed E-state index contributed by atoms with van der Waals surface area (Å²) < 4.78 is 5.36. The summed E-state index contributed by atoms with van der Waals surface area (Å²) in [5, 5.41) is 2.08. The second-order valence-corrected chi connectivity index (χ2v) is 4.13. The first kappa shape index (κ1) is 9.28. The molecule has 0 aliphatic rings. The topological polar surface area (TPSA) is 9.23 Å². The third-order valence-corrected chi connectivity index (χ3v) is 3.05. The molecule has 0 fully saturated rings. The lowest BCUT2D eigenvalue weighted by Crippen LogP contribution is -1.87. The van der Waals surface area contributed by atoms with Gasteiger partial charge in [0.05, 0.1) is 7.11 Å². The van der Waals surface area contributed by atoms with E-state index in [9.17, 15) is 0 Å². The molecule has 1 nitrogen and oxygen atoms in total. The van der Waals surface area contributed by atoms with Gasteiger partial charge in [-0.25, -0.2) is 0 Å². The summed E-state index contributed by atoms with van der Waals surface area (Å²) in [6.07, 6.45) is 0. The lowest BCUT2D eigenvalue weighted by atomic mass is 10.1. The molecule has 72 valence electrons. The van der Waals surface area contributed by atoms with Gasteiger partial charge in [-0.1, -0.05) is 12.1 Å². The number of hydrogen-bond acceptors (Lipinski definition) is 2. The minimum absolute atomic E-state index is 0.951. The Bertz CT molecular complexity index is 418. The third kappa shape index (κ3) is 1.66. The molecule has 0 spiro atoms. The normalized spacial score (nSPS) is 10.1. The average molecular weight is 204 g/mol. The van der Waals surface area contributed by atoms with Crippen LogP contribution in [-0.2, 0) is 0 Å². The van der Waals surface area contributed by atoms with Crippen molar-refractivity contribution in [2.45, 2.75) is 6.92 Å². The van der Waals surface area contributed by atoms with Crippen LogP contribution >= 0.6 is 11.3 Å². The van der Waals surface area contributed by atoms with Crippen molar-refractivity contribution in [3.05, 3.63) is 41.3 Å². The fourth-order valence-corrected chi connectivity index (χ4v) is 2.19. The Morgan fingerprint density at radius 2 is 2.07 bits per heavy atom. The Hall–Kier alpha value is -1.28. The maximum absolute atomic E-state index is 5.36. The van der Waals surface area contributed by atoms with Crippen molar-refractivity contribution in [1.29, 1.82) is 0 Å². The molecule has 0 N–H and O–H groups in total. The van der Waals surface area contributed by atoms with Gasteiger partial charge in [-0.2, -0.15) is 0 Å². The first-order valence-corrected chi connectivity index (χ1v) is 5.38. The predicted molar refractivity (Wildman–Crippen MR) is 61.0 cm³/mol. The highest BCUT2D eigenvalue weighted by molar-refractivity contribution is 7.13. The summed E-state index contributed by atoms with van der Waals surface area (Å²) in [7, 11) is 1.71. The number of aryl methyl sites for hydroxylation is 1. The number of hydrogen-bond donors (Lipinski definition) is 0. The highest BCUT2D eigenvalue weighted by atomic mass is 32.1. The van der Waals surface area contributed by atoms with Gasteiger partial charge < -0.3 is 4.74 Å². The van der Waals surface area contributed by atoms with E-state index in [-0.39, 0.29) is 0 Å². The monoisotopic (exact) mass is 204 g/mol. The van der Waals surface area contributed by atoms with Crippen molar-refractivity contribution < 1.29 is 4.74 Å². The van der Waals surface area contributed by atoms with E-state index in [0.29, 0.717) is 0 Å². The molecular weight excluding hydrogens is 192 g/mol. The van der Waals surface area contributed by atoms with Crippen molar-refractivity contribution in [2.24, 2.45) is 0 Å². The van der Waals surface area contributed by atoms with E-state index in [1.54, 1.807) is 18.4 Å². The van der Waals surface area contributed by atoms with E-state index in [4.69, 9.17) is 4.74 Å². The molecule has 1 aromatic heterocycles. The quantitative estimate of drug-likeness (QED) is 0.724. The lowest BCUT2D eigenvalue weighted by molar-refractivity contribution is 0.416.